The molecule has 10 nitrogen and oxygen atoms in total. The van der Waals surface area contributed by atoms with Crippen LogP contribution >= 0.6 is 0 Å². The molecule has 10 heteroatoms. The summed E-state index contributed by atoms with van der Waals surface area (Å²) < 4.78 is 3.65. The van der Waals surface area contributed by atoms with E-state index in [9.17, 15) is 4.79 Å². The van der Waals surface area contributed by atoms with E-state index in [1.54, 1.807) is 10.9 Å². The summed E-state index contributed by atoms with van der Waals surface area (Å²) in [6.07, 6.45) is 6.78. The summed E-state index contributed by atoms with van der Waals surface area (Å²) in [4.78, 5) is 26.7. The van der Waals surface area contributed by atoms with Gasteiger partial charge in [-0.2, -0.15) is 5.10 Å². The molecule has 0 bridgehead atoms. The van der Waals surface area contributed by atoms with Crippen molar-refractivity contribution in [2.75, 3.05) is 49.3 Å². The van der Waals surface area contributed by atoms with Crippen molar-refractivity contribution >= 4 is 39.8 Å². The Morgan fingerprint density at radius 1 is 1.18 bits per heavy atom. The van der Waals surface area contributed by atoms with Crippen LogP contribution in [0.4, 0.5) is 17.3 Å². The third-order valence-corrected chi connectivity index (χ3v) is 6.16. The van der Waals surface area contributed by atoms with Gasteiger partial charge in [-0.05, 0) is 32.5 Å². The van der Waals surface area contributed by atoms with Crippen LogP contribution in [0.1, 0.15) is 22.5 Å². The lowest BCUT2D eigenvalue weighted by Crippen LogP contribution is -2.29. The van der Waals surface area contributed by atoms with Gasteiger partial charge in [0.1, 0.15) is 5.52 Å². The monoisotopic (exact) mass is 447 g/mol. The van der Waals surface area contributed by atoms with E-state index in [0.29, 0.717) is 28.8 Å². The Kier molecular flexibility index (Phi) is 5.16. The van der Waals surface area contributed by atoms with Gasteiger partial charge in [0.05, 0.1) is 17.5 Å². The molecule has 0 saturated carbocycles. The van der Waals surface area contributed by atoms with Crippen molar-refractivity contribution in [2.45, 2.75) is 19.4 Å². The van der Waals surface area contributed by atoms with Crippen LogP contribution < -0.4 is 20.4 Å². The number of anilines is 3. The highest BCUT2D eigenvalue weighted by Gasteiger charge is 2.25. The summed E-state index contributed by atoms with van der Waals surface area (Å²) in [5.74, 6) is 0.902. The van der Waals surface area contributed by atoms with Crippen molar-refractivity contribution in [3.63, 3.8) is 0 Å². The van der Waals surface area contributed by atoms with Gasteiger partial charge < -0.3 is 24.8 Å². The van der Waals surface area contributed by atoms with E-state index in [1.807, 2.05) is 68.9 Å². The Balaban J connectivity index is 1.50. The number of hydrogen-bond acceptors (Lipinski definition) is 7. The standard InChI is InChI=1S/C23H29N9O/c1-14-10-32-13-19(26-21(29(3)4)22(32)25-14)27-23(33)16-6-7-18(17-12-30(5)28-20(16)17)31-9-8-15(11-31)24-2/h6-7,10,12-13,15,24H,8-9,11H2,1-5H3,(H,27,33)/t15-/m0/s1. The van der Waals surface area contributed by atoms with Crippen molar-refractivity contribution in [1.82, 2.24) is 29.5 Å². The molecule has 1 aliphatic rings. The minimum atomic E-state index is -0.242. The number of aryl methyl sites for hydroxylation is 2. The number of hydrogen-bond donors (Lipinski definition) is 2. The summed E-state index contributed by atoms with van der Waals surface area (Å²) in [5.41, 5.74) is 3.95. The Bertz CT molecular complexity index is 1350. The van der Waals surface area contributed by atoms with Crippen molar-refractivity contribution in [1.29, 1.82) is 0 Å². The zero-order valence-electron chi connectivity index (χ0n) is 19.6. The molecule has 0 aliphatic carbocycles. The Hall–Kier alpha value is -3.66. The van der Waals surface area contributed by atoms with Crippen LogP contribution in [0.25, 0.3) is 16.6 Å². The van der Waals surface area contributed by atoms with Crippen LogP contribution in [0.5, 0.6) is 0 Å². The molecule has 4 heterocycles. The van der Waals surface area contributed by atoms with Crippen molar-refractivity contribution in [3.05, 3.63) is 42.0 Å². The van der Waals surface area contributed by atoms with Gasteiger partial charge in [-0.3, -0.25) is 9.48 Å². The molecule has 0 spiro atoms. The fourth-order valence-corrected chi connectivity index (χ4v) is 4.53. The largest absolute Gasteiger partial charge is 0.369 e. The SMILES string of the molecule is CN[C@H]1CCN(c2ccc(C(=O)Nc3cn4cc(C)nc4c(N(C)C)n3)c3nn(C)cc23)C1. The van der Waals surface area contributed by atoms with Gasteiger partial charge in [0.15, 0.2) is 17.3 Å². The molecule has 1 atom stereocenters. The normalized spacial score (nSPS) is 16.2. The second kappa shape index (κ2) is 8.04. The van der Waals surface area contributed by atoms with Gasteiger partial charge in [-0.1, -0.05) is 0 Å². The van der Waals surface area contributed by atoms with Gasteiger partial charge in [0.2, 0.25) is 0 Å². The van der Waals surface area contributed by atoms with Gasteiger partial charge in [0.25, 0.3) is 5.91 Å². The van der Waals surface area contributed by atoms with Gasteiger partial charge >= 0.3 is 0 Å². The number of nitrogens with zero attached hydrogens (tertiary/aromatic N) is 7. The molecule has 3 aromatic heterocycles. The van der Waals surface area contributed by atoms with Crippen molar-refractivity contribution in [3.8, 4) is 0 Å². The predicted octanol–water partition coefficient (Wildman–Crippen LogP) is 2.04. The average molecular weight is 448 g/mol. The molecular formula is C23H29N9O. The first-order valence-electron chi connectivity index (χ1n) is 11.1. The van der Waals surface area contributed by atoms with Gasteiger partial charge in [-0.15, -0.1) is 0 Å². The first kappa shape index (κ1) is 21.2. The molecule has 1 amide bonds. The lowest BCUT2D eigenvalue weighted by Gasteiger charge is -2.20. The number of rotatable bonds is 5. The average Bonchev–Trinajstić information content (AvgIpc) is 3.48. The van der Waals surface area contributed by atoms with E-state index in [-0.39, 0.29) is 5.91 Å². The Morgan fingerprint density at radius 2 is 2.00 bits per heavy atom. The molecule has 4 aromatic rings. The maximum absolute atomic E-state index is 13.3. The summed E-state index contributed by atoms with van der Waals surface area (Å²) in [6, 6.07) is 4.36. The highest BCUT2D eigenvalue weighted by molar-refractivity contribution is 6.13. The van der Waals surface area contributed by atoms with Crippen LogP contribution in [0.2, 0.25) is 0 Å². The second-order valence-electron chi connectivity index (χ2n) is 8.83. The molecule has 1 aromatic carbocycles. The fourth-order valence-electron chi connectivity index (χ4n) is 4.53. The molecule has 2 N–H and O–H groups in total. The molecule has 0 radical (unpaired) electrons. The zero-order valence-corrected chi connectivity index (χ0v) is 19.6. The fraction of sp³-hybridized carbons (Fsp3) is 0.391. The lowest BCUT2D eigenvalue weighted by atomic mass is 10.1. The van der Waals surface area contributed by atoms with Crippen LogP contribution in [-0.4, -0.2) is 70.3 Å². The topological polar surface area (TPSA) is 95.6 Å². The second-order valence-corrected chi connectivity index (χ2v) is 8.83. The van der Waals surface area contributed by atoms with Crippen LogP contribution in [0.3, 0.4) is 0 Å². The van der Waals surface area contributed by atoms with Crippen LogP contribution in [-0.2, 0) is 7.05 Å². The summed E-state index contributed by atoms with van der Waals surface area (Å²) >= 11 is 0. The summed E-state index contributed by atoms with van der Waals surface area (Å²) in [6.45, 7) is 3.85. The maximum Gasteiger partial charge on any atom is 0.259 e. The summed E-state index contributed by atoms with van der Waals surface area (Å²) in [5, 5.41) is 11.9. The molecule has 5 rings (SSSR count). The molecule has 33 heavy (non-hydrogen) atoms. The van der Waals surface area contributed by atoms with Crippen LogP contribution in [0.15, 0.2) is 30.7 Å². The van der Waals surface area contributed by atoms with E-state index in [0.717, 1.165) is 41.9 Å². The van der Waals surface area contributed by atoms with Crippen LogP contribution in [0, 0.1) is 6.92 Å². The number of imidazole rings is 1. The number of fused-ring (bicyclic) bond motifs is 2. The third-order valence-electron chi connectivity index (χ3n) is 6.16. The Labute approximate surface area is 192 Å². The first-order chi connectivity index (χ1) is 15.8. The van der Waals surface area contributed by atoms with Crippen molar-refractivity contribution < 1.29 is 4.79 Å². The zero-order chi connectivity index (χ0) is 23.3. The highest BCUT2D eigenvalue weighted by atomic mass is 16.1. The van der Waals surface area contributed by atoms with Gasteiger partial charge in [0, 0.05) is 63.7 Å². The van der Waals surface area contributed by atoms with E-state index in [2.05, 4.69) is 30.6 Å². The Morgan fingerprint density at radius 3 is 2.73 bits per heavy atom. The maximum atomic E-state index is 13.3. The van der Waals surface area contributed by atoms with Gasteiger partial charge in [-0.25, -0.2) is 9.97 Å². The number of carbonyl (C=O) groups excluding carboxylic acids is 1. The molecule has 1 aliphatic heterocycles. The molecule has 1 fully saturated rings. The number of nitrogens with one attached hydrogen (secondary N) is 2. The van der Waals surface area contributed by atoms with E-state index < -0.39 is 0 Å². The molecule has 1 saturated heterocycles. The first-order valence-corrected chi connectivity index (χ1v) is 11.1. The minimum absolute atomic E-state index is 0.242. The number of likely N-dealkylation sites (N-methyl/N-ethyl adjacent to an activating group) is 1. The number of aromatic nitrogens is 5. The smallest absolute Gasteiger partial charge is 0.259 e. The minimum Gasteiger partial charge on any atom is -0.369 e. The number of carbonyl (C=O) groups is 1. The molecule has 0 unspecified atom stereocenters. The number of benzene rings is 1. The third kappa shape index (κ3) is 3.76. The highest BCUT2D eigenvalue weighted by Crippen LogP contribution is 2.31. The molecular weight excluding hydrogens is 418 g/mol. The number of amides is 1. The van der Waals surface area contributed by atoms with E-state index >= 15 is 0 Å². The van der Waals surface area contributed by atoms with E-state index in [4.69, 9.17) is 0 Å². The van der Waals surface area contributed by atoms with E-state index in [1.165, 1.54) is 0 Å². The predicted molar refractivity (Wildman–Crippen MR) is 130 cm³/mol. The lowest BCUT2D eigenvalue weighted by molar-refractivity contribution is 0.102. The quantitative estimate of drug-likeness (QED) is 0.483. The molecule has 172 valence electrons. The van der Waals surface area contributed by atoms with Crippen molar-refractivity contribution in [2.24, 2.45) is 7.05 Å². The summed E-state index contributed by atoms with van der Waals surface area (Å²) in [7, 11) is 7.70.